The maximum atomic E-state index is 13.5. The molecule has 1 fully saturated rings. The Labute approximate surface area is 234 Å². The Kier molecular flexibility index (Phi) is 6.81. The number of carbonyl (C=O) groups is 3. The minimum absolute atomic E-state index is 0.117. The van der Waals surface area contributed by atoms with Crippen LogP contribution in [0.5, 0.6) is 11.6 Å². The van der Waals surface area contributed by atoms with Crippen molar-refractivity contribution in [2.24, 2.45) is 0 Å². The lowest BCUT2D eigenvalue weighted by atomic mass is 9.90. The van der Waals surface area contributed by atoms with Crippen molar-refractivity contribution in [3.05, 3.63) is 65.3 Å². The SMILES string of the molecule is CC(=O)N[C@H]1CCCC[C@H]1NC(=O)c1sc2nccc3c2c1NC(=O)N3c1cnc(Oc2ccccc2)cc1C. The number of urea groups is 1. The Bertz CT molecular complexity index is 1620. The lowest BCUT2D eigenvalue weighted by Gasteiger charge is -2.32. The molecule has 0 bridgehead atoms. The fourth-order valence-corrected chi connectivity index (χ4v) is 6.40. The molecular weight excluding hydrogens is 528 g/mol. The largest absolute Gasteiger partial charge is 0.439 e. The molecule has 2 atom stereocenters. The minimum atomic E-state index is -0.400. The first-order valence-corrected chi connectivity index (χ1v) is 14.0. The lowest BCUT2D eigenvalue weighted by Crippen LogP contribution is -2.52. The minimum Gasteiger partial charge on any atom is -0.439 e. The number of ether oxygens (including phenoxy) is 1. The number of para-hydroxylation sites is 1. The van der Waals surface area contributed by atoms with Gasteiger partial charge in [0.2, 0.25) is 11.8 Å². The van der Waals surface area contributed by atoms with Gasteiger partial charge in [-0.2, -0.15) is 0 Å². The van der Waals surface area contributed by atoms with Crippen LogP contribution in [0.25, 0.3) is 10.2 Å². The molecule has 0 unspecified atom stereocenters. The summed E-state index contributed by atoms with van der Waals surface area (Å²) in [6.45, 7) is 3.37. The van der Waals surface area contributed by atoms with Crippen molar-refractivity contribution in [3.63, 3.8) is 0 Å². The van der Waals surface area contributed by atoms with Crippen molar-refractivity contribution in [2.45, 2.75) is 51.6 Å². The molecular formula is C29H28N6O4S. The van der Waals surface area contributed by atoms with Crippen molar-refractivity contribution >= 4 is 56.5 Å². The number of benzene rings is 1. The van der Waals surface area contributed by atoms with Crippen LogP contribution in [0, 0.1) is 6.92 Å². The zero-order chi connectivity index (χ0) is 27.8. The van der Waals surface area contributed by atoms with E-state index in [0.717, 1.165) is 31.2 Å². The number of pyridine rings is 2. The van der Waals surface area contributed by atoms with Gasteiger partial charge in [0.25, 0.3) is 5.91 Å². The third kappa shape index (κ3) is 4.84. The van der Waals surface area contributed by atoms with Crippen LogP contribution in [0.4, 0.5) is 21.9 Å². The number of nitrogens with one attached hydrogen (secondary N) is 3. The Morgan fingerprint density at radius 1 is 1.05 bits per heavy atom. The number of aryl methyl sites for hydroxylation is 1. The summed E-state index contributed by atoms with van der Waals surface area (Å²) >= 11 is 1.23. The van der Waals surface area contributed by atoms with Crippen LogP contribution in [0.3, 0.4) is 0 Å². The molecule has 10 nitrogen and oxygen atoms in total. The number of anilines is 3. The van der Waals surface area contributed by atoms with Crippen molar-refractivity contribution in [2.75, 3.05) is 10.2 Å². The number of aromatic nitrogens is 2. The highest BCUT2D eigenvalue weighted by Gasteiger charge is 2.35. The molecule has 1 aliphatic heterocycles. The van der Waals surface area contributed by atoms with Crippen molar-refractivity contribution < 1.29 is 19.1 Å². The van der Waals surface area contributed by atoms with Gasteiger partial charge in [-0.15, -0.1) is 11.3 Å². The van der Waals surface area contributed by atoms with E-state index in [-0.39, 0.29) is 23.9 Å². The summed E-state index contributed by atoms with van der Waals surface area (Å²) in [5.41, 5.74) is 2.45. The Hall–Kier alpha value is -4.51. The first kappa shape index (κ1) is 25.8. The number of thiophene rings is 1. The van der Waals surface area contributed by atoms with Gasteiger partial charge in [-0.3, -0.25) is 14.5 Å². The van der Waals surface area contributed by atoms with Gasteiger partial charge in [-0.05, 0) is 43.5 Å². The third-order valence-corrected chi connectivity index (χ3v) is 8.28. The van der Waals surface area contributed by atoms with Crippen LogP contribution in [0.2, 0.25) is 0 Å². The molecule has 0 saturated heterocycles. The van der Waals surface area contributed by atoms with Gasteiger partial charge in [0.1, 0.15) is 15.5 Å². The van der Waals surface area contributed by atoms with Gasteiger partial charge < -0.3 is 20.7 Å². The molecule has 4 amide bonds. The molecule has 11 heteroatoms. The van der Waals surface area contributed by atoms with E-state index in [4.69, 9.17) is 4.74 Å². The smallest absolute Gasteiger partial charge is 0.331 e. The topological polar surface area (TPSA) is 126 Å². The lowest BCUT2D eigenvalue weighted by molar-refractivity contribution is -0.120. The summed E-state index contributed by atoms with van der Waals surface area (Å²) in [5, 5.41) is 9.70. The number of rotatable bonds is 6. The maximum Gasteiger partial charge on any atom is 0.331 e. The molecule has 40 heavy (non-hydrogen) atoms. The second kappa shape index (κ2) is 10.6. The van der Waals surface area contributed by atoms with Crippen molar-refractivity contribution in [1.29, 1.82) is 0 Å². The molecule has 0 radical (unpaired) electrons. The summed E-state index contributed by atoms with van der Waals surface area (Å²) in [6.07, 6.45) is 6.80. The molecule has 2 aliphatic rings. The quantitative estimate of drug-likeness (QED) is 0.282. The van der Waals surface area contributed by atoms with Gasteiger partial charge in [-0.1, -0.05) is 31.0 Å². The monoisotopic (exact) mass is 556 g/mol. The molecule has 3 aromatic heterocycles. The normalized spacial score (nSPS) is 18.2. The van der Waals surface area contributed by atoms with E-state index in [9.17, 15) is 14.4 Å². The molecule has 1 saturated carbocycles. The van der Waals surface area contributed by atoms with E-state index < -0.39 is 6.03 Å². The average molecular weight is 557 g/mol. The second-order valence-electron chi connectivity index (χ2n) is 9.98. The van der Waals surface area contributed by atoms with E-state index >= 15 is 0 Å². The number of hydrogen-bond donors (Lipinski definition) is 3. The van der Waals surface area contributed by atoms with E-state index in [2.05, 4.69) is 25.9 Å². The third-order valence-electron chi connectivity index (χ3n) is 7.19. The van der Waals surface area contributed by atoms with E-state index in [0.29, 0.717) is 43.8 Å². The van der Waals surface area contributed by atoms with Gasteiger partial charge in [0, 0.05) is 31.3 Å². The van der Waals surface area contributed by atoms with Crippen LogP contribution < -0.4 is 25.6 Å². The summed E-state index contributed by atoms with van der Waals surface area (Å²) in [6, 6.07) is 12.2. The van der Waals surface area contributed by atoms with E-state index in [1.807, 2.05) is 37.3 Å². The molecule has 1 aromatic carbocycles. The van der Waals surface area contributed by atoms with Crippen LogP contribution >= 0.6 is 11.3 Å². The van der Waals surface area contributed by atoms with Crippen molar-refractivity contribution in [1.82, 2.24) is 20.6 Å². The molecule has 204 valence electrons. The van der Waals surface area contributed by atoms with Gasteiger partial charge in [0.15, 0.2) is 0 Å². The molecule has 0 spiro atoms. The van der Waals surface area contributed by atoms with Crippen LogP contribution in [0.15, 0.2) is 54.9 Å². The maximum absolute atomic E-state index is 13.5. The number of carbonyl (C=O) groups excluding carboxylic acids is 3. The summed E-state index contributed by atoms with van der Waals surface area (Å²) in [4.78, 5) is 50.2. The predicted octanol–water partition coefficient (Wildman–Crippen LogP) is 5.65. The van der Waals surface area contributed by atoms with Gasteiger partial charge >= 0.3 is 6.03 Å². The number of hydrogen-bond acceptors (Lipinski definition) is 7. The van der Waals surface area contributed by atoms with E-state index in [1.165, 1.54) is 18.3 Å². The Balaban J connectivity index is 1.31. The molecule has 4 aromatic rings. The predicted molar refractivity (Wildman–Crippen MR) is 154 cm³/mol. The van der Waals surface area contributed by atoms with Crippen LogP contribution in [-0.2, 0) is 4.79 Å². The summed E-state index contributed by atoms with van der Waals surface area (Å²) < 4.78 is 5.86. The average Bonchev–Trinajstić information content (AvgIpc) is 3.30. The highest BCUT2D eigenvalue weighted by molar-refractivity contribution is 7.21. The molecule has 6 rings (SSSR count). The number of amides is 4. The zero-order valence-corrected chi connectivity index (χ0v) is 22.9. The first-order chi connectivity index (χ1) is 19.4. The standard InChI is InChI=1S/C29H28N6O4S/c1-16-14-23(39-18-8-4-3-5-9-18)31-15-22(16)35-21-12-13-30-28-24(21)25(34-29(35)38)26(40-28)27(37)33-20-11-7-6-10-19(20)32-17(2)36/h3-5,8-9,12-15,19-20H,6-7,10-11H2,1-2H3,(H,32,36)(H,33,37)(H,34,38)/t19-,20+/m0/s1. The molecule has 3 N–H and O–H groups in total. The summed E-state index contributed by atoms with van der Waals surface area (Å²) in [7, 11) is 0. The second-order valence-corrected chi connectivity index (χ2v) is 11.0. The number of nitrogens with zero attached hydrogens (tertiary/aromatic N) is 3. The molecule has 4 heterocycles. The fourth-order valence-electron chi connectivity index (χ4n) is 5.38. The van der Waals surface area contributed by atoms with E-state index in [1.54, 1.807) is 29.4 Å². The van der Waals surface area contributed by atoms with Crippen LogP contribution in [0.1, 0.15) is 47.8 Å². The highest BCUT2D eigenvalue weighted by atomic mass is 32.1. The fraction of sp³-hybridized carbons (Fsp3) is 0.276. The first-order valence-electron chi connectivity index (χ1n) is 13.2. The zero-order valence-electron chi connectivity index (χ0n) is 22.1. The Morgan fingerprint density at radius 2 is 1.80 bits per heavy atom. The van der Waals surface area contributed by atoms with Crippen LogP contribution in [-0.4, -0.2) is 39.9 Å². The van der Waals surface area contributed by atoms with Crippen molar-refractivity contribution in [3.8, 4) is 11.6 Å². The highest BCUT2D eigenvalue weighted by Crippen LogP contribution is 2.46. The van der Waals surface area contributed by atoms with Gasteiger partial charge in [0.05, 0.1) is 28.6 Å². The molecule has 1 aliphatic carbocycles. The Morgan fingerprint density at radius 3 is 2.52 bits per heavy atom. The summed E-state index contributed by atoms with van der Waals surface area (Å²) in [5.74, 6) is 0.674. The van der Waals surface area contributed by atoms with Gasteiger partial charge in [-0.25, -0.2) is 14.8 Å².